The summed E-state index contributed by atoms with van der Waals surface area (Å²) in [5.41, 5.74) is 5.74. The van der Waals surface area contributed by atoms with Crippen molar-refractivity contribution in [1.29, 1.82) is 0 Å². The van der Waals surface area contributed by atoms with Gasteiger partial charge < -0.3 is 20.4 Å². The van der Waals surface area contributed by atoms with Crippen molar-refractivity contribution in [3.63, 3.8) is 0 Å². The molecular formula is C11H21N7. The van der Waals surface area contributed by atoms with Crippen molar-refractivity contribution in [2.75, 3.05) is 62.9 Å². The molecule has 0 aromatic carbocycles. The van der Waals surface area contributed by atoms with Gasteiger partial charge in [-0.1, -0.05) is 0 Å². The molecule has 1 aliphatic rings. The van der Waals surface area contributed by atoms with Crippen molar-refractivity contribution in [3.05, 3.63) is 0 Å². The Morgan fingerprint density at radius 1 is 1.06 bits per heavy atom. The van der Waals surface area contributed by atoms with E-state index < -0.39 is 0 Å². The van der Waals surface area contributed by atoms with E-state index in [4.69, 9.17) is 5.73 Å². The summed E-state index contributed by atoms with van der Waals surface area (Å²) >= 11 is 0. The number of nitrogen functional groups attached to an aromatic ring is 1. The second-order valence-electron chi connectivity index (χ2n) is 4.83. The number of anilines is 3. The summed E-state index contributed by atoms with van der Waals surface area (Å²) in [6.07, 6.45) is 1.11. The summed E-state index contributed by atoms with van der Waals surface area (Å²) in [7, 11) is 5.93. The zero-order valence-electron chi connectivity index (χ0n) is 11.3. The molecule has 0 spiro atoms. The molecule has 18 heavy (non-hydrogen) atoms. The smallest absolute Gasteiger partial charge is 0.232 e. The molecule has 1 aromatic heterocycles. The quantitative estimate of drug-likeness (QED) is 0.771. The maximum atomic E-state index is 5.74. The first-order valence-electron chi connectivity index (χ1n) is 6.18. The molecule has 1 saturated heterocycles. The van der Waals surface area contributed by atoms with E-state index in [1.54, 1.807) is 0 Å². The Labute approximate surface area is 108 Å². The third-order valence-electron chi connectivity index (χ3n) is 3.03. The van der Waals surface area contributed by atoms with Crippen LogP contribution in [0.1, 0.15) is 6.42 Å². The Morgan fingerprint density at radius 2 is 1.83 bits per heavy atom. The van der Waals surface area contributed by atoms with Crippen LogP contribution in [-0.2, 0) is 0 Å². The fourth-order valence-electron chi connectivity index (χ4n) is 1.96. The van der Waals surface area contributed by atoms with E-state index in [2.05, 4.69) is 31.8 Å². The number of rotatable bonds is 2. The van der Waals surface area contributed by atoms with Gasteiger partial charge in [0, 0.05) is 33.7 Å². The molecule has 0 radical (unpaired) electrons. The minimum absolute atomic E-state index is 0.279. The van der Waals surface area contributed by atoms with E-state index in [9.17, 15) is 0 Å². The summed E-state index contributed by atoms with van der Waals surface area (Å²) in [6.45, 7) is 4.01. The van der Waals surface area contributed by atoms with Crippen molar-refractivity contribution < 1.29 is 0 Å². The standard InChI is InChI=1S/C11H21N7/c1-16(2)10-13-9(12)14-11(15-10)18-6-4-5-17(3)7-8-18/h4-8H2,1-3H3,(H2,12,13,14,15). The lowest BCUT2D eigenvalue weighted by Gasteiger charge is -2.21. The van der Waals surface area contributed by atoms with Gasteiger partial charge in [0.1, 0.15) is 0 Å². The van der Waals surface area contributed by atoms with Gasteiger partial charge in [0.2, 0.25) is 17.8 Å². The SMILES string of the molecule is CN1CCCN(c2nc(N)nc(N(C)C)n2)CC1. The molecule has 7 heteroatoms. The van der Waals surface area contributed by atoms with E-state index in [0.717, 1.165) is 32.6 Å². The van der Waals surface area contributed by atoms with Crippen LogP contribution in [0.3, 0.4) is 0 Å². The molecule has 2 rings (SSSR count). The van der Waals surface area contributed by atoms with Gasteiger partial charge in [-0.15, -0.1) is 0 Å². The van der Waals surface area contributed by atoms with Crippen molar-refractivity contribution in [1.82, 2.24) is 19.9 Å². The van der Waals surface area contributed by atoms with Crippen LogP contribution in [0.25, 0.3) is 0 Å². The number of hydrogen-bond acceptors (Lipinski definition) is 7. The number of likely N-dealkylation sites (N-methyl/N-ethyl adjacent to an activating group) is 1. The van der Waals surface area contributed by atoms with Gasteiger partial charge in [0.25, 0.3) is 0 Å². The number of nitrogens with zero attached hydrogens (tertiary/aromatic N) is 6. The summed E-state index contributed by atoms with van der Waals surface area (Å²) in [4.78, 5) is 19.1. The van der Waals surface area contributed by atoms with Crippen molar-refractivity contribution in [2.24, 2.45) is 0 Å². The monoisotopic (exact) mass is 251 g/mol. The molecule has 1 aromatic rings. The van der Waals surface area contributed by atoms with Crippen LogP contribution in [0.5, 0.6) is 0 Å². The minimum Gasteiger partial charge on any atom is -0.368 e. The van der Waals surface area contributed by atoms with Gasteiger partial charge in [-0.25, -0.2) is 0 Å². The largest absolute Gasteiger partial charge is 0.368 e. The Hall–Kier alpha value is -1.63. The van der Waals surface area contributed by atoms with Gasteiger partial charge >= 0.3 is 0 Å². The summed E-state index contributed by atoms with van der Waals surface area (Å²) in [5.74, 6) is 1.57. The molecule has 0 saturated carbocycles. The third kappa shape index (κ3) is 2.98. The lowest BCUT2D eigenvalue weighted by molar-refractivity contribution is 0.360. The highest BCUT2D eigenvalue weighted by atomic mass is 15.3. The van der Waals surface area contributed by atoms with Crippen LogP contribution in [0.4, 0.5) is 17.8 Å². The Morgan fingerprint density at radius 3 is 2.56 bits per heavy atom. The molecule has 0 bridgehead atoms. The predicted octanol–water partition coefficient (Wildman–Crippen LogP) is -0.338. The van der Waals surface area contributed by atoms with Gasteiger partial charge in [0.05, 0.1) is 0 Å². The molecule has 0 amide bonds. The Balaban J connectivity index is 2.21. The topological polar surface area (TPSA) is 74.4 Å². The van der Waals surface area contributed by atoms with Crippen LogP contribution in [0, 0.1) is 0 Å². The minimum atomic E-state index is 0.279. The number of nitrogens with two attached hydrogens (primary N) is 1. The lowest BCUT2D eigenvalue weighted by Crippen LogP contribution is -2.31. The zero-order chi connectivity index (χ0) is 13.1. The lowest BCUT2D eigenvalue weighted by atomic mass is 10.4. The summed E-state index contributed by atoms with van der Waals surface area (Å²) in [5, 5.41) is 0. The molecule has 0 atom stereocenters. The maximum Gasteiger partial charge on any atom is 0.232 e. The highest BCUT2D eigenvalue weighted by Gasteiger charge is 2.16. The zero-order valence-corrected chi connectivity index (χ0v) is 11.3. The maximum absolute atomic E-state index is 5.74. The summed E-state index contributed by atoms with van der Waals surface area (Å²) < 4.78 is 0. The molecule has 0 aliphatic carbocycles. The first kappa shape index (κ1) is 12.8. The highest BCUT2D eigenvalue weighted by molar-refractivity contribution is 5.42. The molecule has 2 N–H and O–H groups in total. The van der Waals surface area contributed by atoms with Crippen molar-refractivity contribution in [3.8, 4) is 0 Å². The average molecular weight is 251 g/mol. The molecule has 7 nitrogen and oxygen atoms in total. The molecule has 2 heterocycles. The van der Waals surface area contributed by atoms with Crippen LogP contribution in [-0.4, -0.2) is 67.2 Å². The van der Waals surface area contributed by atoms with Crippen LogP contribution in [0.2, 0.25) is 0 Å². The van der Waals surface area contributed by atoms with Gasteiger partial charge in [-0.05, 0) is 20.0 Å². The average Bonchev–Trinajstić information content (AvgIpc) is 2.53. The Bertz CT molecular complexity index is 406. The van der Waals surface area contributed by atoms with Gasteiger partial charge in [-0.2, -0.15) is 15.0 Å². The van der Waals surface area contributed by atoms with E-state index >= 15 is 0 Å². The van der Waals surface area contributed by atoms with Gasteiger partial charge in [-0.3, -0.25) is 0 Å². The molecule has 0 unspecified atom stereocenters. The Kier molecular flexibility index (Phi) is 3.81. The second-order valence-corrected chi connectivity index (χ2v) is 4.83. The fraction of sp³-hybridized carbons (Fsp3) is 0.727. The molecule has 100 valence electrons. The van der Waals surface area contributed by atoms with Gasteiger partial charge in [0.15, 0.2) is 0 Å². The third-order valence-corrected chi connectivity index (χ3v) is 3.03. The van der Waals surface area contributed by atoms with Crippen LogP contribution >= 0.6 is 0 Å². The number of aromatic nitrogens is 3. The normalized spacial score (nSPS) is 17.6. The fourth-order valence-corrected chi connectivity index (χ4v) is 1.96. The second kappa shape index (κ2) is 5.34. The summed E-state index contributed by atoms with van der Waals surface area (Å²) in [6, 6.07) is 0. The molecule has 1 fully saturated rings. The van der Waals surface area contributed by atoms with E-state index in [1.807, 2.05) is 19.0 Å². The highest BCUT2D eigenvalue weighted by Crippen LogP contribution is 2.15. The van der Waals surface area contributed by atoms with E-state index in [0.29, 0.717) is 11.9 Å². The van der Waals surface area contributed by atoms with E-state index in [1.165, 1.54) is 0 Å². The van der Waals surface area contributed by atoms with Crippen molar-refractivity contribution in [2.45, 2.75) is 6.42 Å². The van der Waals surface area contributed by atoms with Crippen LogP contribution in [0.15, 0.2) is 0 Å². The first-order chi connectivity index (χ1) is 8.56. The first-order valence-corrected chi connectivity index (χ1v) is 6.18. The van der Waals surface area contributed by atoms with Crippen LogP contribution < -0.4 is 15.5 Å². The van der Waals surface area contributed by atoms with E-state index in [-0.39, 0.29) is 5.95 Å². The predicted molar refractivity (Wildman–Crippen MR) is 72.9 cm³/mol. The molecular weight excluding hydrogens is 230 g/mol. The number of hydrogen-bond donors (Lipinski definition) is 1. The molecule has 1 aliphatic heterocycles. The van der Waals surface area contributed by atoms with Crippen molar-refractivity contribution >= 4 is 17.8 Å².